The van der Waals surface area contributed by atoms with E-state index >= 15 is 0 Å². The summed E-state index contributed by atoms with van der Waals surface area (Å²) in [5, 5.41) is 7.36. The lowest BCUT2D eigenvalue weighted by atomic mass is 10.2. The molecule has 1 N–H and O–H groups in total. The van der Waals surface area contributed by atoms with Crippen LogP contribution in [0.1, 0.15) is 18.2 Å². The van der Waals surface area contributed by atoms with Gasteiger partial charge in [0.05, 0.1) is 16.9 Å². The SMILES string of the molecule is CCNCc1ccn(-c2cc(Br)cc(C(F)(F)F)c2)n1. The Morgan fingerprint density at radius 2 is 2.05 bits per heavy atom. The third kappa shape index (κ3) is 3.61. The van der Waals surface area contributed by atoms with Gasteiger partial charge in [-0.3, -0.25) is 0 Å². The minimum atomic E-state index is -4.38. The normalized spacial score (nSPS) is 11.8. The molecule has 0 saturated carbocycles. The van der Waals surface area contributed by atoms with E-state index in [9.17, 15) is 13.2 Å². The molecule has 2 rings (SSSR count). The maximum atomic E-state index is 12.8. The Labute approximate surface area is 122 Å². The van der Waals surface area contributed by atoms with Crippen molar-refractivity contribution >= 4 is 15.9 Å². The molecule has 2 aromatic rings. The van der Waals surface area contributed by atoms with Gasteiger partial charge in [-0.05, 0) is 30.8 Å². The monoisotopic (exact) mass is 347 g/mol. The van der Waals surface area contributed by atoms with Crippen LogP contribution in [-0.4, -0.2) is 16.3 Å². The molecule has 0 aliphatic carbocycles. The average molecular weight is 348 g/mol. The van der Waals surface area contributed by atoms with Crippen molar-refractivity contribution < 1.29 is 13.2 Å². The summed E-state index contributed by atoms with van der Waals surface area (Å²) in [5.74, 6) is 0. The summed E-state index contributed by atoms with van der Waals surface area (Å²) in [6, 6.07) is 5.50. The molecule has 0 aliphatic rings. The molecule has 20 heavy (non-hydrogen) atoms. The fraction of sp³-hybridized carbons (Fsp3) is 0.308. The lowest BCUT2D eigenvalue weighted by molar-refractivity contribution is -0.137. The second-order valence-corrected chi connectivity index (χ2v) is 5.14. The van der Waals surface area contributed by atoms with Crippen molar-refractivity contribution in [3.05, 3.63) is 46.2 Å². The number of hydrogen-bond acceptors (Lipinski definition) is 2. The molecule has 0 unspecified atom stereocenters. The molecular formula is C13H13BrF3N3. The van der Waals surface area contributed by atoms with Crippen LogP contribution in [0.2, 0.25) is 0 Å². The first-order valence-corrected chi connectivity index (χ1v) is 6.83. The molecule has 108 valence electrons. The van der Waals surface area contributed by atoms with Gasteiger partial charge in [0.15, 0.2) is 0 Å². The fourth-order valence-corrected chi connectivity index (χ4v) is 2.20. The van der Waals surface area contributed by atoms with Crippen LogP contribution in [0, 0.1) is 0 Å². The van der Waals surface area contributed by atoms with Crippen molar-refractivity contribution in [1.82, 2.24) is 15.1 Å². The lowest BCUT2D eigenvalue weighted by Crippen LogP contribution is -2.12. The van der Waals surface area contributed by atoms with Crippen LogP contribution in [0.25, 0.3) is 5.69 Å². The number of nitrogens with one attached hydrogen (secondary N) is 1. The minimum absolute atomic E-state index is 0.367. The van der Waals surface area contributed by atoms with Crippen molar-refractivity contribution in [3.63, 3.8) is 0 Å². The average Bonchev–Trinajstić information content (AvgIpc) is 2.83. The molecule has 0 atom stereocenters. The van der Waals surface area contributed by atoms with Gasteiger partial charge in [-0.25, -0.2) is 4.68 Å². The maximum absolute atomic E-state index is 12.8. The van der Waals surface area contributed by atoms with Crippen LogP contribution >= 0.6 is 15.9 Å². The molecule has 0 radical (unpaired) electrons. The van der Waals surface area contributed by atoms with Gasteiger partial charge in [0, 0.05) is 17.2 Å². The smallest absolute Gasteiger partial charge is 0.311 e. The number of alkyl halides is 3. The van der Waals surface area contributed by atoms with Crippen molar-refractivity contribution in [2.24, 2.45) is 0 Å². The van der Waals surface area contributed by atoms with Crippen LogP contribution in [0.5, 0.6) is 0 Å². The zero-order valence-electron chi connectivity index (χ0n) is 10.7. The molecule has 1 heterocycles. The first kappa shape index (κ1) is 15.1. The molecule has 1 aromatic carbocycles. The van der Waals surface area contributed by atoms with Crippen LogP contribution in [0.15, 0.2) is 34.9 Å². The van der Waals surface area contributed by atoms with E-state index in [0.29, 0.717) is 16.7 Å². The lowest BCUT2D eigenvalue weighted by Gasteiger charge is -2.10. The summed E-state index contributed by atoms with van der Waals surface area (Å²) in [6.07, 6.45) is -2.73. The van der Waals surface area contributed by atoms with Crippen LogP contribution < -0.4 is 5.32 Å². The van der Waals surface area contributed by atoms with Crippen LogP contribution in [-0.2, 0) is 12.7 Å². The van der Waals surface area contributed by atoms with Gasteiger partial charge in [0.25, 0.3) is 0 Å². The molecule has 0 amide bonds. The van der Waals surface area contributed by atoms with E-state index in [4.69, 9.17) is 0 Å². The molecule has 1 aromatic heterocycles. The molecule has 3 nitrogen and oxygen atoms in total. The standard InChI is InChI=1S/C13H13BrF3N3/c1-2-18-8-11-3-4-20(19-11)12-6-9(13(15,16)17)5-10(14)7-12/h3-7,18H,2,8H2,1H3. The largest absolute Gasteiger partial charge is 0.416 e. The first-order valence-electron chi connectivity index (χ1n) is 6.03. The van der Waals surface area contributed by atoms with Gasteiger partial charge in [-0.2, -0.15) is 18.3 Å². The molecule has 0 fully saturated rings. The molecule has 0 aliphatic heterocycles. The highest BCUT2D eigenvalue weighted by Gasteiger charge is 2.31. The number of halogens is 4. The van der Waals surface area contributed by atoms with Gasteiger partial charge in [-0.15, -0.1) is 0 Å². The topological polar surface area (TPSA) is 29.9 Å². The minimum Gasteiger partial charge on any atom is -0.311 e. The number of rotatable bonds is 4. The van der Waals surface area contributed by atoms with Crippen molar-refractivity contribution in [3.8, 4) is 5.69 Å². The highest BCUT2D eigenvalue weighted by atomic mass is 79.9. The zero-order valence-corrected chi connectivity index (χ0v) is 12.3. The van der Waals surface area contributed by atoms with Gasteiger partial charge in [-0.1, -0.05) is 22.9 Å². The number of hydrogen-bond donors (Lipinski definition) is 1. The Morgan fingerprint density at radius 3 is 2.70 bits per heavy atom. The summed E-state index contributed by atoms with van der Waals surface area (Å²) >= 11 is 3.10. The number of nitrogens with zero attached hydrogens (tertiary/aromatic N) is 2. The highest BCUT2D eigenvalue weighted by Crippen LogP contribution is 2.32. The van der Waals surface area contributed by atoms with Crippen molar-refractivity contribution in [2.45, 2.75) is 19.6 Å². The van der Waals surface area contributed by atoms with Crippen molar-refractivity contribution in [2.75, 3.05) is 6.54 Å². The Balaban J connectivity index is 2.32. The Morgan fingerprint density at radius 1 is 1.30 bits per heavy atom. The predicted octanol–water partition coefficient (Wildman–Crippen LogP) is 3.76. The second kappa shape index (κ2) is 5.97. The molecular weight excluding hydrogens is 335 g/mol. The number of aromatic nitrogens is 2. The van der Waals surface area contributed by atoms with E-state index in [1.807, 2.05) is 6.92 Å². The van der Waals surface area contributed by atoms with Gasteiger partial charge < -0.3 is 5.32 Å². The Kier molecular flexibility index (Phi) is 4.49. The highest BCUT2D eigenvalue weighted by molar-refractivity contribution is 9.10. The van der Waals surface area contributed by atoms with E-state index in [1.54, 1.807) is 18.3 Å². The Bertz CT molecular complexity index is 593. The zero-order chi connectivity index (χ0) is 14.8. The second-order valence-electron chi connectivity index (χ2n) is 4.23. The van der Waals surface area contributed by atoms with E-state index in [-0.39, 0.29) is 0 Å². The van der Waals surface area contributed by atoms with Gasteiger partial charge in [0.2, 0.25) is 0 Å². The number of benzene rings is 1. The first-order chi connectivity index (χ1) is 9.40. The predicted molar refractivity (Wildman–Crippen MR) is 73.6 cm³/mol. The third-order valence-electron chi connectivity index (χ3n) is 2.67. The maximum Gasteiger partial charge on any atom is 0.416 e. The van der Waals surface area contributed by atoms with E-state index in [1.165, 1.54) is 4.68 Å². The van der Waals surface area contributed by atoms with Crippen LogP contribution in [0.3, 0.4) is 0 Å². The quantitative estimate of drug-likeness (QED) is 0.912. The van der Waals surface area contributed by atoms with E-state index in [2.05, 4.69) is 26.3 Å². The van der Waals surface area contributed by atoms with Gasteiger partial charge in [0.1, 0.15) is 0 Å². The fourth-order valence-electron chi connectivity index (χ4n) is 1.72. The van der Waals surface area contributed by atoms with E-state index in [0.717, 1.165) is 24.4 Å². The Hall–Kier alpha value is -1.34. The summed E-state index contributed by atoms with van der Waals surface area (Å²) in [5.41, 5.74) is 0.445. The van der Waals surface area contributed by atoms with Gasteiger partial charge >= 0.3 is 6.18 Å². The van der Waals surface area contributed by atoms with Crippen molar-refractivity contribution in [1.29, 1.82) is 0 Å². The summed E-state index contributed by atoms with van der Waals surface area (Å²) in [7, 11) is 0. The van der Waals surface area contributed by atoms with E-state index < -0.39 is 11.7 Å². The summed E-state index contributed by atoms with van der Waals surface area (Å²) < 4.78 is 40.1. The summed E-state index contributed by atoms with van der Waals surface area (Å²) in [4.78, 5) is 0. The molecule has 0 bridgehead atoms. The molecule has 0 spiro atoms. The summed E-state index contributed by atoms with van der Waals surface area (Å²) in [6.45, 7) is 3.37. The third-order valence-corrected chi connectivity index (χ3v) is 3.13. The van der Waals surface area contributed by atoms with Crippen LogP contribution in [0.4, 0.5) is 13.2 Å². The molecule has 7 heteroatoms. The molecule has 0 saturated heterocycles.